The van der Waals surface area contributed by atoms with Crippen molar-refractivity contribution in [2.24, 2.45) is 0 Å². The summed E-state index contributed by atoms with van der Waals surface area (Å²) in [5, 5.41) is 10.8. The lowest BCUT2D eigenvalue weighted by Crippen LogP contribution is -2.26. The van der Waals surface area contributed by atoms with Crippen LogP contribution in [0.4, 0.5) is 11.4 Å². The van der Waals surface area contributed by atoms with Crippen molar-refractivity contribution in [1.82, 2.24) is 0 Å². The van der Waals surface area contributed by atoms with Crippen LogP contribution in [-0.2, 0) is 9.53 Å². The number of nitro benzene ring substituents is 1. The Balaban J connectivity index is 1.92. The molecule has 0 saturated carbocycles. The van der Waals surface area contributed by atoms with Gasteiger partial charge in [0.15, 0.2) is 0 Å². The van der Waals surface area contributed by atoms with Gasteiger partial charge in [-0.15, -0.1) is 11.8 Å². The number of nitro groups is 1. The summed E-state index contributed by atoms with van der Waals surface area (Å²) in [5.74, 6) is 0.494. The van der Waals surface area contributed by atoms with Crippen molar-refractivity contribution in [1.29, 1.82) is 0 Å². The topological polar surface area (TPSA) is 89.8 Å². The summed E-state index contributed by atoms with van der Waals surface area (Å²) < 4.78 is 4.92. The summed E-state index contributed by atoms with van der Waals surface area (Å²) in [6.45, 7) is 2.22. The summed E-state index contributed by atoms with van der Waals surface area (Å²) in [6.07, 6.45) is 3.14. The molecule has 0 bridgehead atoms. The molecule has 0 aliphatic rings. The zero-order valence-corrected chi connectivity index (χ0v) is 18.0. The minimum Gasteiger partial charge on any atom is -0.466 e. The van der Waals surface area contributed by atoms with Gasteiger partial charge in [-0.2, -0.15) is 0 Å². The SMILES string of the molecule is CCOC(=O)CCCCCSc1ccccc1N(C)C(=O)c1ccc([N+](=O)[O-])cc1. The van der Waals surface area contributed by atoms with Gasteiger partial charge in [-0.05, 0) is 49.8 Å². The summed E-state index contributed by atoms with van der Waals surface area (Å²) in [5.41, 5.74) is 1.13. The van der Waals surface area contributed by atoms with E-state index in [1.807, 2.05) is 24.3 Å². The number of hydrogen-bond donors (Lipinski definition) is 0. The molecule has 8 heteroatoms. The number of unbranched alkanes of at least 4 members (excludes halogenated alkanes) is 2. The number of benzene rings is 2. The van der Waals surface area contributed by atoms with Crippen LogP contribution in [0.2, 0.25) is 0 Å². The molecule has 0 aliphatic heterocycles. The van der Waals surface area contributed by atoms with Gasteiger partial charge < -0.3 is 9.64 Å². The van der Waals surface area contributed by atoms with Crippen molar-refractivity contribution < 1.29 is 19.2 Å². The van der Waals surface area contributed by atoms with Gasteiger partial charge in [-0.1, -0.05) is 18.6 Å². The number of non-ortho nitro benzene ring substituents is 1. The van der Waals surface area contributed by atoms with Crippen molar-refractivity contribution in [3.8, 4) is 0 Å². The second kappa shape index (κ2) is 12.0. The molecule has 7 nitrogen and oxygen atoms in total. The van der Waals surface area contributed by atoms with Gasteiger partial charge in [0.2, 0.25) is 0 Å². The summed E-state index contributed by atoms with van der Waals surface area (Å²) in [6, 6.07) is 13.3. The van der Waals surface area contributed by atoms with E-state index < -0.39 is 4.92 Å². The van der Waals surface area contributed by atoms with E-state index in [2.05, 4.69) is 0 Å². The lowest BCUT2D eigenvalue weighted by molar-refractivity contribution is -0.384. The molecule has 0 unspecified atom stereocenters. The molecule has 2 aromatic rings. The lowest BCUT2D eigenvalue weighted by Gasteiger charge is -2.20. The van der Waals surface area contributed by atoms with Crippen molar-refractivity contribution >= 4 is 35.0 Å². The maximum absolute atomic E-state index is 12.8. The molecule has 0 aliphatic carbocycles. The van der Waals surface area contributed by atoms with Crippen molar-refractivity contribution in [3.63, 3.8) is 0 Å². The molecule has 160 valence electrons. The molecule has 0 saturated heterocycles. The highest BCUT2D eigenvalue weighted by Gasteiger charge is 2.17. The molecule has 0 heterocycles. The predicted octanol–water partition coefficient (Wildman–Crippen LogP) is 5.09. The molecular weight excluding hydrogens is 404 g/mol. The number of anilines is 1. The summed E-state index contributed by atoms with van der Waals surface area (Å²) in [4.78, 5) is 37.0. The third-order valence-corrected chi connectivity index (χ3v) is 5.59. The maximum Gasteiger partial charge on any atom is 0.305 e. The van der Waals surface area contributed by atoms with Gasteiger partial charge in [0, 0.05) is 36.1 Å². The number of ether oxygens (including phenoxy) is 1. The fraction of sp³-hybridized carbons (Fsp3) is 0.364. The van der Waals surface area contributed by atoms with Crippen LogP contribution in [0.1, 0.15) is 43.0 Å². The van der Waals surface area contributed by atoms with Gasteiger partial charge in [0.25, 0.3) is 11.6 Å². The average molecular weight is 431 g/mol. The fourth-order valence-corrected chi connectivity index (χ4v) is 3.94. The Morgan fingerprint density at radius 1 is 1.07 bits per heavy atom. The van der Waals surface area contributed by atoms with Crippen LogP contribution in [0.25, 0.3) is 0 Å². The van der Waals surface area contributed by atoms with Gasteiger partial charge in [0.1, 0.15) is 0 Å². The highest BCUT2D eigenvalue weighted by Crippen LogP contribution is 2.31. The highest BCUT2D eigenvalue weighted by atomic mass is 32.2. The van der Waals surface area contributed by atoms with Gasteiger partial charge >= 0.3 is 5.97 Å². The van der Waals surface area contributed by atoms with E-state index in [9.17, 15) is 19.7 Å². The van der Waals surface area contributed by atoms with Crippen molar-refractivity contribution in [3.05, 3.63) is 64.2 Å². The average Bonchev–Trinajstić information content (AvgIpc) is 2.75. The number of amides is 1. The molecule has 2 rings (SSSR count). The Morgan fingerprint density at radius 2 is 1.77 bits per heavy atom. The lowest BCUT2D eigenvalue weighted by atomic mass is 10.1. The Bertz CT molecular complexity index is 870. The second-order valence-electron chi connectivity index (χ2n) is 6.60. The van der Waals surface area contributed by atoms with Crippen molar-refractivity contribution in [2.45, 2.75) is 37.5 Å². The number of para-hydroxylation sites is 1. The smallest absolute Gasteiger partial charge is 0.305 e. The number of carbonyl (C=O) groups excluding carboxylic acids is 2. The zero-order chi connectivity index (χ0) is 21.9. The molecule has 2 aromatic carbocycles. The Hall–Kier alpha value is -2.87. The molecule has 0 atom stereocenters. The molecule has 0 fully saturated rings. The van der Waals surface area contributed by atoms with Crippen LogP contribution < -0.4 is 4.90 Å². The van der Waals surface area contributed by atoms with E-state index >= 15 is 0 Å². The third kappa shape index (κ3) is 6.88. The second-order valence-corrected chi connectivity index (χ2v) is 7.74. The van der Waals surface area contributed by atoms with E-state index in [1.165, 1.54) is 24.3 Å². The number of nitrogens with zero attached hydrogens (tertiary/aromatic N) is 2. The van der Waals surface area contributed by atoms with Crippen molar-refractivity contribution in [2.75, 3.05) is 24.3 Å². The highest BCUT2D eigenvalue weighted by molar-refractivity contribution is 7.99. The van der Waals surface area contributed by atoms with Gasteiger partial charge in [0.05, 0.1) is 17.2 Å². The van der Waals surface area contributed by atoms with Crippen LogP contribution >= 0.6 is 11.8 Å². The fourth-order valence-electron chi connectivity index (χ4n) is 2.85. The van der Waals surface area contributed by atoms with E-state index in [-0.39, 0.29) is 17.6 Å². The first-order valence-corrected chi connectivity index (χ1v) is 10.8. The first-order chi connectivity index (χ1) is 14.4. The number of rotatable bonds is 11. The van der Waals surface area contributed by atoms with Crippen LogP contribution in [0.5, 0.6) is 0 Å². The minimum atomic E-state index is -0.489. The Morgan fingerprint density at radius 3 is 2.43 bits per heavy atom. The molecule has 0 spiro atoms. The predicted molar refractivity (Wildman–Crippen MR) is 118 cm³/mol. The number of hydrogen-bond acceptors (Lipinski definition) is 6. The van der Waals surface area contributed by atoms with E-state index in [1.54, 1.807) is 30.6 Å². The van der Waals surface area contributed by atoms with E-state index in [4.69, 9.17) is 4.74 Å². The molecule has 0 aromatic heterocycles. The largest absolute Gasteiger partial charge is 0.466 e. The summed E-state index contributed by atoms with van der Waals surface area (Å²) >= 11 is 1.66. The van der Waals surface area contributed by atoms with Gasteiger partial charge in [-0.3, -0.25) is 19.7 Å². The number of thioether (sulfide) groups is 1. The first kappa shape index (κ1) is 23.4. The normalized spacial score (nSPS) is 10.5. The Kier molecular flexibility index (Phi) is 9.34. The molecule has 30 heavy (non-hydrogen) atoms. The standard InChI is InChI=1S/C22H26N2O5S/c1-3-29-21(25)11-5-4-8-16-30-20-10-7-6-9-19(20)23(2)22(26)17-12-14-18(15-13-17)24(27)28/h6-7,9-10,12-15H,3-5,8,11,16H2,1-2H3. The maximum atomic E-state index is 12.8. The minimum absolute atomic E-state index is 0.0480. The molecular formula is C22H26N2O5S. The molecule has 0 N–H and O–H groups in total. The van der Waals surface area contributed by atoms with Crippen LogP contribution in [0.15, 0.2) is 53.4 Å². The van der Waals surface area contributed by atoms with E-state index in [0.717, 1.165) is 35.6 Å². The quantitative estimate of drug-likeness (QED) is 0.162. The van der Waals surface area contributed by atoms with Crippen LogP contribution in [-0.4, -0.2) is 36.2 Å². The monoisotopic (exact) mass is 430 g/mol. The Labute approximate surface area is 180 Å². The van der Waals surface area contributed by atoms with Crippen LogP contribution in [0, 0.1) is 10.1 Å². The molecule has 0 radical (unpaired) electrons. The number of carbonyl (C=O) groups is 2. The molecule has 1 amide bonds. The van der Waals surface area contributed by atoms with E-state index in [0.29, 0.717) is 18.6 Å². The first-order valence-electron chi connectivity index (χ1n) is 9.84. The third-order valence-electron chi connectivity index (χ3n) is 4.44. The van der Waals surface area contributed by atoms with Gasteiger partial charge in [-0.25, -0.2) is 0 Å². The zero-order valence-electron chi connectivity index (χ0n) is 17.2. The van der Waals surface area contributed by atoms with Crippen LogP contribution in [0.3, 0.4) is 0 Å². The number of esters is 1. The summed E-state index contributed by atoms with van der Waals surface area (Å²) in [7, 11) is 1.70.